The fourth-order valence-electron chi connectivity index (χ4n) is 3.72. The van der Waals surface area contributed by atoms with E-state index in [0.29, 0.717) is 23.5 Å². The van der Waals surface area contributed by atoms with Crippen molar-refractivity contribution in [1.29, 1.82) is 0 Å². The molecule has 0 radical (unpaired) electrons. The molecule has 1 aromatic heterocycles. The molecule has 3 aromatic rings. The molecule has 0 atom stereocenters. The number of hydrogen-bond acceptors (Lipinski definition) is 4. The Labute approximate surface area is 179 Å². The number of furan rings is 1. The Bertz CT molecular complexity index is 957. The first kappa shape index (κ1) is 21.9. The van der Waals surface area contributed by atoms with E-state index in [1.807, 2.05) is 69.3 Å². The predicted molar refractivity (Wildman–Crippen MR) is 121 cm³/mol. The van der Waals surface area contributed by atoms with Crippen molar-refractivity contribution < 1.29 is 13.9 Å². The molecule has 0 bridgehead atoms. The quantitative estimate of drug-likeness (QED) is 0.633. The number of aryl methyl sites for hydroxylation is 1. The summed E-state index contributed by atoms with van der Waals surface area (Å²) in [4.78, 5) is 15.2. The SMILES string of the molecule is CC.Cc1oc2ccc(OCc3ccccc3)cc2c1C(=O)NC1CCN(C)CC1. The second kappa shape index (κ2) is 10.3. The molecule has 160 valence electrons. The minimum atomic E-state index is -0.0639. The number of carbonyl (C=O) groups excluding carboxylic acids is 1. The van der Waals surface area contributed by atoms with E-state index < -0.39 is 0 Å². The molecular weight excluding hydrogens is 376 g/mol. The van der Waals surface area contributed by atoms with E-state index in [1.54, 1.807) is 0 Å². The second-order valence-electron chi connectivity index (χ2n) is 7.52. The van der Waals surface area contributed by atoms with Crippen LogP contribution >= 0.6 is 0 Å². The van der Waals surface area contributed by atoms with Crippen molar-refractivity contribution in [3.8, 4) is 5.75 Å². The number of fused-ring (bicyclic) bond motifs is 1. The molecule has 0 aliphatic carbocycles. The summed E-state index contributed by atoms with van der Waals surface area (Å²) in [5, 5.41) is 3.99. The van der Waals surface area contributed by atoms with Crippen molar-refractivity contribution in [2.45, 2.75) is 46.3 Å². The normalized spacial score (nSPS) is 14.8. The maximum Gasteiger partial charge on any atom is 0.255 e. The first-order valence-corrected chi connectivity index (χ1v) is 10.8. The number of ether oxygens (including phenoxy) is 1. The van der Waals surface area contributed by atoms with Crippen molar-refractivity contribution >= 4 is 16.9 Å². The lowest BCUT2D eigenvalue weighted by molar-refractivity contribution is 0.0917. The van der Waals surface area contributed by atoms with E-state index in [9.17, 15) is 4.79 Å². The molecule has 5 nitrogen and oxygen atoms in total. The molecule has 4 rings (SSSR count). The minimum absolute atomic E-state index is 0.0639. The van der Waals surface area contributed by atoms with Gasteiger partial charge in [0, 0.05) is 11.4 Å². The highest BCUT2D eigenvalue weighted by atomic mass is 16.5. The maximum absolute atomic E-state index is 13.0. The monoisotopic (exact) mass is 408 g/mol. The molecule has 30 heavy (non-hydrogen) atoms. The summed E-state index contributed by atoms with van der Waals surface area (Å²) in [6.07, 6.45) is 1.95. The first-order valence-electron chi connectivity index (χ1n) is 10.8. The average molecular weight is 409 g/mol. The standard InChI is InChI=1S/C23H26N2O3.C2H6/c1-16-22(23(26)24-18-10-12-25(2)13-11-18)20-14-19(8-9-21(20)28-16)27-15-17-6-4-3-5-7-17;1-2/h3-9,14,18H,10-13,15H2,1-2H3,(H,24,26);1-2H3. The van der Waals surface area contributed by atoms with E-state index in [-0.39, 0.29) is 11.9 Å². The molecule has 0 saturated carbocycles. The van der Waals surface area contributed by atoms with Gasteiger partial charge >= 0.3 is 0 Å². The van der Waals surface area contributed by atoms with Crippen molar-refractivity contribution in [1.82, 2.24) is 10.2 Å². The zero-order valence-electron chi connectivity index (χ0n) is 18.4. The van der Waals surface area contributed by atoms with Crippen LogP contribution in [0.1, 0.15) is 48.4 Å². The Kier molecular flexibility index (Phi) is 7.52. The number of rotatable bonds is 5. The molecule has 2 heterocycles. The Hall–Kier alpha value is -2.79. The summed E-state index contributed by atoms with van der Waals surface area (Å²) in [6.45, 7) is 8.34. The minimum Gasteiger partial charge on any atom is -0.489 e. The van der Waals surface area contributed by atoms with Crippen LogP contribution in [0.5, 0.6) is 5.75 Å². The van der Waals surface area contributed by atoms with Gasteiger partial charge in [0.15, 0.2) is 0 Å². The molecular formula is C25H32N2O3. The fourth-order valence-corrected chi connectivity index (χ4v) is 3.72. The summed E-state index contributed by atoms with van der Waals surface area (Å²) in [5.74, 6) is 1.30. The van der Waals surface area contributed by atoms with Crippen LogP contribution in [0.15, 0.2) is 52.9 Å². The average Bonchev–Trinajstić information content (AvgIpc) is 3.11. The Morgan fingerprint density at radius 3 is 2.53 bits per heavy atom. The van der Waals surface area contributed by atoms with E-state index in [2.05, 4.69) is 17.3 Å². The van der Waals surface area contributed by atoms with Gasteiger partial charge in [0.1, 0.15) is 23.7 Å². The number of benzene rings is 2. The van der Waals surface area contributed by atoms with Crippen LogP contribution < -0.4 is 10.1 Å². The van der Waals surface area contributed by atoms with Gasteiger partial charge in [0.05, 0.1) is 5.56 Å². The highest BCUT2D eigenvalue weighted by Crippen LogP contribution is 2.29. The smallest absolute Gasteiger partial charge is 0.255 e. The molecule has 1 aliphatic heterocycles. The number of nitrogens with zero attached hydrogens (tertiary/aromatic N) is 1. The van der Waals surface area contributed by atoms with Crippen molar-refractivity contribution in [3.05, 3.63) is 65.4 Å². The zero-order valence-corrected chi connectivity index (χ0v) is 18.4. The van der Waals surface area contributed by atoms with E-state index >= 15 is 0 Å². The largest absolute Gasteiger partial charge is 0.489 e. The summed E-state index contributed by atoms with van der Waals surface area (Å²) in [7, 11) is 2.11. The Morgan fingerprint density at radius 1 is 1.13 bits per heavy atom. The Morgan fingerprint density at radius 2 is 1.83 bits per heavy atom. The molecule has 1 saturated heterocycles. The molecule has 1 N–H and O–H groups in total. The molecule has 0 spiro atoms. The molecule has 1 fully saturated rings. The van der Waals surface area contributed by atoms with E-state index in [4.69, 9.17) is 9.15 Å². The van der Waals surface area contributed by atoms with Gasteiger partial charge in [-0.2, -0.15) is 0 Å². The number of carbonyl (C=O) groups is 1. The Balaban J connectivity index is 0.00000124. The third-order valence-electron chi connectivity index (χ3n) is 5.36. The highest BCUT2D eigenvalue weighted by molar-refractivity contribution is 6.07. The third kappa shape index (κ3) is 5.22. The topological polar surface area (TPSA) is 54.7 Å². The zero-order chi connectivity index (χ0) is 21.5. The van der Waals surface area contributed by atoms with Crippen LogP contribution in [-0.4, -0.2) is 37.0 Å². The molecule has 0 unspecified atom stereocenters. The number of hydrogen-bond donors (Lipinski definition) is 1. The molecule has 1 amide bonds. The van der Waals surface area contributed by atoms with Gasteiger partial charge in [-0.3, -0.25) is 4.79 Å². The van der Waals surface area contributed by atoms with E-state index in [1.165, 1.54) is 0 Å². The van der Waals surface area contributed by atoms with Crippen molar-refractivity contribution in [3.63, 3.8) is 0 Å². The lowest BCUT2D eigenvalue weighted by Crippen LogP contribution is -2.43. The fraction of sp³-hybridized carbons (Fsp3) is 0.400. The van der Waals surface area contributed by atoms with Crippen LogP contribution in [-0.2, 0) is 6.61 Å². The van der Waals surface area contributed by atoms with E-state index in [0.717, 1.165) is 42.6 Å². The van der Waals surface area contributed by atoms with Crippen LogP contribution in [0.2, 0.25) is 0 Å². The van der Waals surface area contributed by atoms with Crippen molar-refractivity contribution in [2.75, 3.05) is 20.1 Å². The summed E-state index contributed by atoms with van der Waals surface area (Å²) >= 11 is 0. The number of nitrogens with one attached hydrogen (secondary N) is 1. The maximum atomic E-state index is 13.0. The second-order valence-corrected chi connectivity index (χ2v) is 7.52. The van der Waals surface area contributed by atoms with Gasteiger partial charge in [-0.15, -0.1) is 0 Å². The van der Waals surface area contributed by atoms with Crippen molar-refractivity contribution in [2.24, 2.45) is 0 Å². The van der Waals surface area contributed by atoms with Crippen LogP contribution in [0, 0.1) is 6.92 Å². The van der Waals surface area contributed by atoms with Crippen LogP contribution in [0.25, 0.3) is 11.0 Å². The first-order chi connectivity index (χ1) is 14.6. The number of piperidine rings is 1. The van der Waals surface area contributed by atoms with Gasteiger partial charge in [0.25, 0.3) is 5.91 Å². The molecule has 1 aliphatic rings. The van der Waals surface area contributed by atoms with Crippen LogP contribution in [0.3, 0.4) is 0 Å². The molecule has 2 aromatic carbocycles. The summed E-state index contributed by atoms with van der Waals surface area (Å²) in [6, 6.07) is 15.9. The third-order valence-corrected chi connectivity index (χ3v) is 5.36. The van der Waals surface area contributed by atoms with Crippen LogP contribution in [0.4, 0.5) is 0 Å². The van der Waals surface area contributed by atoms with Gasteiger partial charge in [-0.25, -0.2) is 0 Å². The van der Waals surface area contributed by atoms with Gasteiger partial charge in [-0.1, -0.05) is 44.2 Å². The number of amides is 1. The number of likely N-dealkylation sites (tertiary alicyclic amines) is 1. The summed E-state index contributed by atoms with van der Waals surface area (Å²) in [5.41, 5.74) is 2.42. The summed E-state index contributed by atoms with van der Waals surface area (Å²) < 4.78 is 11.7. The highest BCUT2D eigenvalue weighted by Gasteiger charge is 2.23. The van der Waals surface area contributed by atoms with Gasteiger partial charge in [-0.05, 0) is 63.7 Å². The van der Waals surface area contributed by atoms with Gasteiger partial charge < -0.3 is 19.4 Å². The van der Waals surface area contributed by atoms with Gasteiger partial charge in [0.2, 0.25) is 0 Å². The molecule has 5 heteroatoms. The lowest BCUT2D eigenvalue weighted by atomic mass is 10.0. The lowest BCUT2D eigenvalue weighted by Gasteiger charge is -2.29. The predicted octanol–water partition coefficient (Wildman–Crippen LogP) is 5.17.